The number of hydrogen-bond donors (Lipinski definition) is 1. The van der Waals surface area contributed by atoms with Crippen LogP contribution in [0.5, 0.6) is 0 Å². The third kappa shape index (κ3) is 3.63. The lowest BCUT2D eigenvalue weighted by atomic mass is 10.2. The van der Waals surface area contributed by atoms with E-state index in [0.29, 0.717) is 29.8 Å². The Bertz CT molecular complexity index is 436. The molecule has 4 heteroatoms. The van der Waals surface area contributed by atoms with Crippen molar-refractivity contribution >= 4 is 17.3 Å². The van der Waals surface area contributed by atoms with Gasteiger partial charge in [0.05, 0.1) is 24.0 Å². The molecular weight excluding hydrogens is 248 g/mol. The lowest BCUT2D eigenvalue weighted by molar-refractivity contribution is 0.0659. The number of rotatable bonds is 5. The van der Waals surface area contributed by atoms with Crippen molar-refractivity contribution < 1.29 is 4.74 Å². The first kappa shape index (κ1) is 13.2. The summed E-state index contributed by atoms with van der Waals surface area (Å²) in [6, 6.07) is 7.36. The van der Waals surface area contributed by atoms with Gasteiger partial charge in [-0.25, -0.2) is 0 Å². The van der Waals surface area contributed by atoms with E-state index in [-0.39, 0.29) is 0 Å². The highest BCUT2D eigenvalue weighted by Crippen LogP contribution is 2.22. The molecule has 0 bridgehead atoms. The molecule has 0 saturated heterocycles. The van der Waals surface area contributed by atoms with Gasteiger partial charge >= 0.3 is 0 Å². The van der Waals surface area contributed by atoms with Crippen LogP contribution < -0.4 is 5.32 Å². The number of ether oxygens (including phenoxy) is 1. The van der Waals surface area contributed by atoms with Gasteiger partial charge in [0.1, 0.15) is 6.07 Å². The van der Waals surface area contributed by atoms with Crippen LogP contribution in [-0.2, 0) is 4.74 Å². The van der Waals surface area contributed by atoms with Gasteiger partial charge in [-0.05, 0) is 31.0 Å². The molecule has 1 saturated carbocycles. The van der Waals surface area contributed by atoms with Crippen molar-refractivity contribution in [3.63, 3.8) is 0 Å². The molecule has 1 aromatic rings. The topological polar surface area (TPSA) is 45.0 Å². The van der Waals surface area contributed by atoms with Crippen molar-refractivity contribution in [3.8, 4) is 6.07 Å². The van der Waals surface area contributed by atoms with Crippen molar-refractivity contribution in [1.29, 1.82) is 5.26 Å². The van der Waals surface area contributed by atoms with E-state index >= 15 is 0 Å². The average Bonchev–Trinajstić information content (AvgIpc) is 2.88. The van der Waals surface area contributed by atoms with E-state index in [9.17, 15) is 0 Å². The van der Waals surface area contributed by atoms with Gasteiger partial charge in [0.25, 0.3) is 0 Å². The minimum atomic E-state index is 0.432. The highest BCUT2D eigenvalue weighted by molar-refractivity contribution is 6.30. The van der Waals surface area contributed by atoms with E-state index in [4.69, 9.17) is 21.6 Å². The first-order chi connectivity index (χ1) is 8.79. The molecule has 96 valence electrons. The summed E-state index contributed by atoms with van der Waals surface area (Å²) in [6.07, 6.45) is 5.36. The van der Waals surface area contributed by atoms with Crippen LogP contribution >= 0.6 is 11.6 Å². The van der Waals surface area contributed by atoms with Crippen LogP contribution in [0.15, 0.2) is 18.2 Å². The fraction of sp³-hybridized carbons (Fsp3) is 0.500. The number of benzene rings is 1. The average molecular weight is 265 g/mol. The van der Waals surface area contributed by atoms with Crippen molar-refractivity contribution in [2.24, 2.45) is 0 Å². The molecule has 0 amide bonds. The van der Waals surface area contributed by atoms with Crippen LogP contribution in [0.4, 0.5) is 5.69 Å². The van der Waals surface area contributed by atoms with Gasteiger partial charge in [-0.15, -0.1) is 0 Å². The molecule has 0 aliphatic heterocycles. The second kappa shape index (κ2) is 6.63. The van der Waals surface area contributed by atoms with Gasteiger partial charge in [-0.3, -0.25) is 0 Å². The van der Waals surface area contributed by atoms with Gasteiger partial charge in [0.15, 0.2) is 0 Å². The van der Waals surface area contributed by atoms with Crippen molar-refractivity contribution in [3.05, 3.63) is 28.8 Å². The predicted molar refractivity (Wildman–Crippen MR) is 72.9 cm³/mol. The van der Waals surface area contributed by atoms with Gasteiger partial charge < -0.3 is 10.1 Å². The molecule has 1 fully saturated rings. The first-order valence-electron chi connectivity index (χ1n) is 6.35. The third-order valence-electron chi connectivity index (χ3n) is 3.18. The Balaban J connectivity index is 1.79. The minimum absolute atomic E-state index is 0.432. The smallest absolute Gasteiger partial charge is 0.101 e. The third-order valence-corrected chi connectivity index (χ3v) is 3.41. The Kier molecular flexibility index (Phi) is 4.86. The number of nitrogens with zero attached hydrogens (tertiary/aromatic N) is 1. The largest absolute Gasteiger partial charge is 0.382 e. The first-order valence-corrected chi connectivity index (χ1v) is 6.72. The van der Waals surface area contributed by atoms with Crippen molar-refractivity contribution in [2.75, 3.05) is 18.5 Å². The summed E-state index contributed by atoms with van der Waals surface area (Å²) in [5.41, 5.74) is 1.39. The summed E-state index contributed by atoms with van der Waals surface area (Å²) in [7, 11) is 0. The Hall–Kier alpha value is -1.24. The van der Waals surface area contributed by atoms with Crippen LogP contribution in [0.1, 0.15) is 31.2 Å². The van der Waals surface area contributed by atoms with Crippen LogP contribution in [0, 0.1) is 11.3 Å². The monoisotopic (exact) mass is 264 g/mol. The second-order valence-corrected chi connectivity index (χ2v) is 4.94. The van der Waals surface area contributed by atoms with Crippen LogP contribution in [0.25, 0.3) is 0 Å². The lowest BCUT2D eigenvalue weighted by Gasteiger charge is -2.12. The Morgan fingerprint density at radius 3 is 2.89 bits per heavy atom. The summed E-state index contributed by atoms with van der Waals surface area (Å²) in [5.74, 6) is 0. The summed E-state index contributed by atoms with van der Waals surface area (Å²) < 4.78 is 5.75. The van der Waals surface area contributed by atoms with E-state index in [1.807, 2.05) is 0 Å². The molecule has 18 heavy (non-hydrogen) atoms. The molecule has 1 aliphatic carbocycles. The fourth-order valence-corrected chi connectivity index (χ4v) is 2.40. The van der Waals surface area contributed by atoms with E-state index in [1.54, 1.807) is 18.2 Å². The van der Waals surface area contributed by atoms with Crippen molar-refractivity contribution in [2.45, 2.75) is 31.8 Å². The molecule has 0 radical (unpaired) electrons. The molecule has 1 aromatic carbocycles. The molecule has 0 atom stereocenters. The molecule has 3 nitrogen and oxygen atoms in total. The predicted octanol–water partition coefficient (Wildman–Crippen LogP) is 3.58. The zero-order chi connectivity index (χ0) is 12.8. The Morgan fingerprint density at radius 1 is 1.39 bits per heavy atom. The standard InChI is InChI=1S/C14H17ClN2O/c15-12-6-5-11(10-16)14(9-12)17-7-8-18-13-3-1-2-4-13/h5-6,9,13,17H,1-4,7-8H2. The highest BCUT2D eigenvalue weighted by atomic mass is 35.5. The second-order valence-electron chi connectivity index (χ2n) is 4.51. The molecule has 0 unspecified atom stereocenters. The molecule has 0 spiro atoms. The fourth-order valence-electron chi connectivity index (χ4n) is 2.23. The molecular formula is C14H17ClN2O. The van der Waals surface area contributed by atoms with Gasteiger partial charge in [0.2, 0.25) is 0 Å². The molecule has 0 heterocycles. The Morgan fingerprint density at radius 2 is 2.17 bits per heavy atom. The zero-order valence-corrected chi connectivity index (χ0v) is 11.0. The highest BCUT2D eigenvalue weighted by Gasteiger charge is 2.14. The zero-order valence-electron chi connectivity index (χ0n) is 10.3. The van der Waals surface area contributed by atoms with Crippen LogP contribution in [0.2, 0.25) is 5.02 Å². The van der Waals surface area contributed by atoms with Crippen LogP contribution in [0.3, 0.4) is 0 Å². The molecule has 0 aromatic heterocycles. The van der Waals surface area contributed by atoms with E-state index in [2.05, 4.69) is 11.4 Å². The maximum atomic E-state index is 8.97. The van der Waals surface area contributed by atoms with E-state index in [1.165, 1.54) is 25.7 Å². The SMILES string of the molecule is N#Cc1ccc(Cl)cc1NCCOC1CCCC1. The number of hydrogen-bond acceptors (Lipinski definition) is 3. The quantitative estimate of drug-likeness (QED) is 0.827. The number of anilines is 1. The maximum absolute atomic E-state index is 8.97. The summed E-state index contributed by atoms with van der Waals surface area (Å²) in [6.45, 7) is 1.37. The molecule has 1 aliphatic rings. The maximum Gasteiger partial charge on any atom is 0.101 e. The summed E-state index contributed by atoms with van der Waals surface area (Å²) >= 11 is 5.91. The van der Waals surface area contributed by atoms with Gasteiger partial charge in [-0.2, -0.15) is 5.26 Å². The lowest BCUT2D eigenvalue weighted by Crippen LogP contribution is -2.15. The van der Waals surface area contributed by atoms with Gasteiger partial charge in [0, 0.05) is 11.6 Å². The summed E-state index contributed by atoms with van der Waals surface area (Å²) in [5, 5.41) is 12.8. The number of nitrogens with one attached hydrogen (secondary N) is 1. The minimum Gasteiger partial charge on any atom is -0.382 e. The Labute approximate surface area is 113 Å². The number of nitriles is 1. The number of halogens is 1. The van der Waals surface area contributed by atoms with Gasteiger partial charge in [-0.1, -0.05) is 24.4 Å². The molecule has 2 rings (SSSR count). The van der Waals surface area contributed by atoms with Crippen molar-refractivity contribution in [1.82, 2.24) is 0 Å². The van der Waals surface area contributed by atoms with E-state index in [0.717, 1.165) is 5.69 Å². The summed E-state index contributed by atoms with van der Waals surface area (Å²) in [4.78, 5) is 0. The van der Waals surface area contributed by atoms with E-state index < -0.39 is 0 Å². The van der Waals surface area contributed by atoms with Crippen LogP contribution in [-0.4, -0.2) is 19.3 Å². The molecule has 1 N–H and O–H groups in total. The normalized spacial score (nSPS) is 15.6.